The monoisotopic (exact) mass is 337 g/mol. The smallest absolute Gasteiger partial charge is 0.133 e. The third kappa shape index (κ3) is 3.41. The van der Waals surface area contributed by atoms with E-state index in [4.69, 9.17) is 4.74 Å². The van der Waals surface area contributed by atoms with Crippen molar-refractivity contribution < 1.29 is 4.74 Å². The largest absolute Gasteiger partial charge is 0.496 e. The molecule has 1 heterocycles. The van der Waals surface area contributed by atoms with Gasteiger partial charge in [0, 0.05) is 18.4 Å². The number of imidazole rings is 1. The number of hydrogen-bond donors (Lipinski definition) is 2. The molecule has 0 fully saturated rings. The van der Waals surface area contributed by atoms with Crippen molar-refractivity contribution in [3.63, 3.8) is 0 Å². The van der Waals surface area contributed by atoms with Crippen LogP contribution >= 0.6 is 15.9 Å². The zero-order valence-electron chi connectivity index (χ0n) is 12.0. The Labute approximate surface area is 128 Å². The molecule has 0 amide bonds. The van der Waals surface area contributed by atoms with Crippen LogP contribution in [0.5, 0.6) is 5.75 Å². The molecule has 2 aromatic rings. The van der Waals surface area contributed by atoms with Gasteiger partial charge in [0.25, 0.3) is 0 Å². The number of nitrogens with zero attached hydrogens (tertiary/aromatic N) is 1. The van der Waals surface area contributed by atoms with Gasteiger partial charge in [0.1, 0.15) is 11.6 Å². The lowest BCUT2D eigenvalue weighted by atomic mass is 10.1. The van der Waals surface area contributed by atoms with Crippen molar-refractivity contribution in [1.29, 1.82) is 0 Å². The maximum absolute atomic E-state index is 5.26. The summed E-state index contributed by atoms with van der Waals surface area (Å²) in [6.07, 6.45) is 4.62. The van der Waals surface area contributed by atoms with Crippen molar-refractivity contribution in [2.24, 2.45) is 0 Å². The predicted octanol–water partition coefficient (Wildman–Crippen LogP) is 3.98. The van der Waals surface area contributed by atoms with E-state index < -0.39 is 0 Å². The van der Waals surface area contributed by atoms with Crippen LogP contribution in [0.4, 0.5) is 0 Å². The fourth-order valence-corrected chi connectivity index (χ4v) is 2.77. The minimum absolute atomic E-state index is 0.223. The van der Waals surface area contributed by atoms with Crippen molar-refractivity contribution in [3.8, 4) is 5.75 Å². The van der Waals surface area contributed by atoms with E-state index in [2.05, 4.69) is 57.2 Å². The fourth-order valence-electron chi connectivity index (χ4n) is 2.21. The highest BCUT2D eigenvalue weighted by atomic mass is 79.9. The van der Waals surface area contributed by atoms with Gasteiger partial charge in [-0.2, -0.15) is 0 Å². The van der Waals surface area contributed by atoms with Crippen LogP contribution in [-0.4, -0.2) is 17.1 Å². The lowest BCUT2D eigenvalue weighted by molar-refractivity contribution is 0.410. The highest BCUT2D eigenvalue weighted by Gasteiger charge is 2.16. The van der Waals surface area contributed by atoms with Gasteiger partial charge in [0.05, 0.1) is 17.6 Å². The van der Waals surface area contributed by atoms with Gasteiger partial charge >= 0.3 is 0 Å². The van der Waals surface area contributed by atoms with E-state index in [9.17, 15) is 0 Å². The summed E-state index contributed by atoms with van der Waals surface area (Å²) in [4.78, 5) is 7.50. The number of aromatic amines is 1. The molecule has 4 nitrogen and oxygen atoms in total. The summed E-state index contributed by atoms with van der Waals surface area (Å²) in [7, 11) is 1.67. The van der Waals surface area contributed by atoms with E-state index >= 15 is 0 Å². The maximum atomic E-state index is 5.26. The molecule has 1 aromatic carbocycles. The first-order valence-electron chi connectivity index (χ1n) is 6.74. The lowest BCUT2D eigenvalue weighted by Crippen LogP contribution is -2.25. The second-order valence-corrected chi connectivity index (χ2v) is 5.57. The summed E-state index contributed by atoms with van der Waals surface area (Å²) >= 11 is 3.53. The fraction of sp³-hybridized carbons (Fsp3) is 0.400. The van der Waals surface area contributed by atoms with Crippen LogP contribution in [0, 0.1) is 0 Å². The number of methoxy groups -OCH3 is 1. The maximum Gasteiger partial charge on any atom is 0.133 e. The molecule has 0 saturated heterocycles. The highest BCUT2D eigenvalue weighted by molar-refractivity contribution is 9.10. The van der Waals surface area contributed by atoms with Crippen LogP contribution in [-0.2, 0) is 0 Å². The minimum atomic E-state index is 0.223. The van der Waals surface area contributed by atoms with Gasteiger partial charge in [-0.3, -0.25) is 0 Å². The van der Waals surface area contributed by atoms with Gasteiger partial charge < -0.3 is 15.0 Å². The molecule has 0 aliphatic heterocycles. The average molecular weight is 338 g/mol. The molecule has 0 saturated carbocycles. The molecule has 2 rings (SSSR count). The second-order valence-electron chi connectivity index (χ2n) is 4.72. The van der Waals surface area contributed by atoms with Gasteiger partial charge in [-0.25, -0.2) is 4.98 Å². The summed E-state index contributed by atoms with van der Waals surface area (Å²) in [5.41, 5.74) is 1.21. The Hall–Kier alpha value is -1.33. The third-order valence-electron chi connectivity index (χ3n) is 3.38. The summed E-state index contributed by atoms with van der Waals surface area (Å²) in [6, 6.07) is 6.60. The number of aromatic nitrogens is 2. The van der Waals surface area contributed by atoms with Crippen molar-refractivity contribution in [3.05, 3.63) is 46.5 Å². The molecule has 5 heteroatoms. The number of benzene rings is 1. The Morgan fingerprint density at radius 2 is 2.25 bits per heavy atom. The van der Waals surface area contributed by atoms with E-state index in [1.807, 2.05) is 12.3 Å². The Bertz CT molecular complexity index is 542. The Kier molecular flexibility index (Phi) is 5.20. The van der Waals surface area contributed by atoms with E-state index in [-0.39, 0.29) is 12.1 Å². The van der Waals surface area contributed by atoms with Crippen LogP contribution in [0.1, 0.15) is 43.7 Å². The zero-order valence-corrected chi connectivity index (χ0v) is 13.6. The molecule has 2 N–H and O–H groups in total. The molecule has 2 unspecified atom stereocenters. The van der Waals surface area contributed by atoms with Crippen molar-refractivity contribution in [2.45, 2.75) is 32.4 Å². The first-order valence-corrected chi connectivity index (χ1v) is 7.53. The topological polar surface area (TPSA) is 49.9 Å². The molecule has 0 spiro atoms. The molecule has 108 valence electrons. The average Bonchev–Trinajstić information content (AvgIpc) is 2.98. The van der Waals surface area contributed by atoms with E-state index in [1.54, 1.807) is 13.3 Å². The standard InChI is InChI=1S/C15H20BrN3O/c1-4-13(15-17-7-8-18-15)19-10(2)11-5-6-14(20-3)12(16)9-11/h5-10,13,19H,4H2,1-3H3,(H,17,18). The van der Waals surface area contributed by atoms with Crippen molar-refractivity contribution in [2.75, 3.05) is 7.11 Å². The number of ether oxygens (including phenoxy) is 1. The van der Waals surface area contributed by atoms with Crippen LogP contribution in [0.15, 0.2) is 35.1 Å². The molecule has 0 aliphatic carbocycles. The molecule has 2 atom stereocenters. The minimum Gasteiger partial charge on any atom is -0.496 e. The molecular formula is C15H20BrN3O. The zero-order chi connectivity index (χ0) is 14.5. The summed E-state index contributed by atoms with van der Waals surface area (Å²) < 4.78 is 6.23. The van der Waals surface area contributed by atoms with Crippen molar-refractivity contribution in [1.82, 2.24) is 15.3 Å². The van der Waals surface area contributed by atoms with E-state index in [0.717, 1.165) is 22.5 Å². The molecular weight excluding hydrogens is 318 g/mol. The van der Waals surface area contributed by atoms with E-state index in [0.29, 0.717) is 0 Å². The quantitative estimate of drug-likeness (QED) is 0.838. The molecule has 0 bridgehead atoms. The number of halogens is 1. The number of nitrogens with one attached hydrogen (secondary N) is 2. The Balaban J connectivity index is 2.11. The highest BCUT2D eigenvalue weighted by Crippen LogP contribution is 2.29. The van der Waals surface area contributed by atoms with Gasteiger partial charge in [-0.1, -0.05) is 13.0 Å². The normalized spacial score (nSPS) is 14.0. The second kappa shape index (κ2) is 6.90. The van der Waals surface area contributed by atoms with Crippen LogP contribution in [0.2, 0.25) is 0 Å². The summed E-state index contributed by atoms with van der Waals surface area (Å²) in [5, 5.41) is 3.59. The molecule has 20 heavy (non-hydrogen) atoms. The van der Waals surface area contributed by atoms with Crippen LogP contribution in [0.3, 0.4) is 0 Å². The number of H-pyrrole nitrogens is 1. The molecule has 0 aliphatic rings. The SMILES string of the molecule is CCC(NC(C)c1ccc(OC)c(Br)c1)c1ncc[nH]1. The van der Waals surface area contributed by atoms with Crippen LogP contribution in [0.25, 0.3) is 0 Å². The first kappa shape index (κ1) is 15.1. The predicted molar refractivity (Wildman–Crippen MR) is 83.9 cm³/mol. The Morgan fingerprint density at radius 1 is 1.45 bits per heavy atom. The number of hydrogen-bond acceptors (Lipinski definition) is 3. The Morgan fingerprint density at radius 3 is 2.80 bits per heavy atom. The third-order valence-corrected chi connectivity index (χ3v) is 4.00. The van der Waals surface area contributed by atoms with Gasteiger partial charge in [0.2, 0.25) is 0 Å². The molecule has 0 radical (unpaired) electrons. The first-order chi connectivity index (χ1) is 9.65. The van der Waals surface area contributed by atoms with E-state index in [1.165, 1.54) is 5.56 Å². The van der Waals surface area contributed by atoms with Crippen LogP contribution < -0.4 is 10.1 Å². The summed E-state index contributed by atoms with van der Waals surface area (Å²) in [5.74, 6) is 1.82. The van der Waals surface area contributed by atoms with Gasteiger partial charge in [-0.05, 0) is 47.0 Å². The van der Waals surface area contributed by atoms with Crippen molar-refractivity contribution >= 4 is 15.9 Å². The van der Waals surface area contributed by atoms with Gasteiger partial charge in [0.15, 0.2) is 0 Å². The number of rotatable bonds is 6. The lowest BCUT2D eigenvalue weighted by Gasteiger charge is -2.21. The van der Waals surface area contributed by atoms with Gasteiger partial charge in [-0.15, -0.1) is 0 Å². The molecule has 1 aromatic heterocycles. The summed E-state index contributed by atoms with van der Waals surface area (Å²) in [6.45, 7) is 4.30.